The van der Waals surface area contributed by atoms with E-state index in [1.165, 1.54) is 24.2 Å². The third-order valence-corrected chi connectivity index (χ3v) is 9.03. The molecule has 2 aromatic heterocycles. The van der Waals surface area contributed by atoms with Crippen LogP contribution in [-0.2, 0) is 17.1 Å². The number of nitrogens with one attached hydrogen (secondary N) is 2. The Morgan fingerprint density at radius 2 is 1.95 bits per heavy atom. The lowest BCUT2D eigenvalue weighted by molar-refractivity contribution is 0.196. The number of benzene rings is 2. The van der Waals surface area contributed by atoms with Crippen LogP contribution in [0.1, 0.15) is 30.7 Å². The summed E-state index contributed by atoms with van der Waals surface area (Å²) in [5, 5.41) is 7.81. The number of rotatable bonds is 8. The highest BCUT2D eigenvalue weighted by molar-refractivity contribution is 7.92. The van der Waals surface area contributed by atoms with Gasteiger partial charge in [0.2, 0.25) is 0 Å². The van der Waals surface area contributed by atoms with Gasteiger partial charge in [0.25, 0.3) is 10.0 Å². The molecule has 1 aliphatic rings. The second-order valence-electron chi connectivity index (χ2n) is 10.3. The summed E-state index contributed by atoms with van der Waals surface area (Å²) in [5.74, 6) is -0.519. The molecule has 0 unspecified atom stereocenters. The molecule has 0 bridgehead atoms. The first-order valence-electron chi connectivity index (χ1n) is 12.9. The maximum absolute atomic E-state index is 15.1. The average Bonchev–Trinajstić information content (AvgIpc) is 3.37. The van der Waals surface area contributed by atoms with Crippen LogP contribution in [0.5, 0.6) is 0 Å². The van der Waals surface area contributed by atoms with Crippen molar-refractivity contribution in [2.24, 2.45) is 7.05 Å². The number of aryl methyl sites for hydroxylation is 1. The van der Waals surface area contributed by atoms with Gasteiger partial charge >= 0.3 is 0 Å². The second kappa shape index (κ2) is 11.5. The Morgan fingerprint density at radius 1 is 1.12 bits per heavy atom. The molecule has 2 heterocycles. The van der Waals surface area contributed by atoms with Gasteiger partial charge < -0.3 is 10.2 Å². The predicted molar refractivity (Wildman–Crippen MR) is 154 cm³/mol. The molecular formula is C28H31ClFN7O2S. The molecule has 9 nitrogen and oxygen atoms in total. The zero-order valence-electron chi connectivity index (χ0n) is 22.4. The smallest absolute Gasteiger partial charge is 0.266 e. The van der Waals surface area contributed by atoms with Crippen molar-refractivity contribution in [3.8, 4) is 11.1 Å². The van der Waals surface area contributed by atoms with Crippen molar-refractivity contribution in [3.63, 3.8) is 0 Å². The summed E-state index contributed by atoms with van der Waals surface area (Å²) in [6.07, 6.45) is 9.13. The van der Waals surface area contributed by atoms with Crippen LogP contribution >= 0.6 is 11.6 Å². The third kappa shape index (κ3) is 6.11. The summed E-state index contributed by atoms with van der Waals surface area (Å²) in [5.41, 5.74) is 3.85. The van der Waals surface area contributed by atoms with Gasteiger partial charge in [-0.25, -0.2) is 22.8 Å². The first kappa shape index (κ1) is 28.0. The van der Waals surface area contributed by atoms with Gasteiger partial charge in [0, 0.05) is 37.1 Å². The molecule has 0 spiro atoms. The van der Waals surface area contributed by atoms with E-state index in [2.05, 4.69) is 54.3 Å². The first-order valence-corrected chi connectivity index (χ1v) is 14.8. The lowest BCUT2D eigenvalue weighted by atomic mass is 9.77. The van der Waals surface area contributed by atoms with E-state index in [0.717, 1.165) is 42.5 Å². The number of halogens is 2. The maximum Gasteiger partial charge on any atom is 0.266 e. The molecule has 0 aliphatic heterocycles. The zero-order chi connectivity index (χ0) is 28.4. The Labute approximate surface area is 238 Å². The van der Waals surface area contributed by atoms with Gasteiger partial charge in [0.15, 0.2) is 0 Å². The normalized spacial score (nSPS) is 19.5. The van der Waals surface area contributed by atoms with Gasteiger partial charge in [0.05, 0.1) is 16.9 Å². The minimum atomic E-state index is -4.24. The van der Waals surface area contributed by atoms with Crippen molar-refractivity contribution >= 4 is 33.1 Å². The van der Waals surface area contributed by atoms with E-state index < -0.39 is 20.7 Å². The zero-order valence-corrected chi connectivity index (χ0v) is 24.0. The van der Waals surface area contributed by atoms with E-state index in [-0.39, 0.29) is 22.9 Å². The van der Waals surface area contributed by atoms with Gasteiger partial charge in [-0.3, -0.25) is 9.40 Å². The van der Waals surface area contributed by atoms with E-state index in [9.17, 15) is 8.42 Å². The summed E-state index contributed by atoms with van der Waals surface area (Å²) in [6, 6.07) is 12.4. The highest BCUT2D eigenvalue weighted by Crippen LogP contribution is 2.38. The molecule has 5 rings (SSSR count). The largest absolute Gasteiger partial charge is 0.379 e. The molecule has 0 radical (unpaired) electrons. The molecule has 0 saturated heterocycles. The number of nitrogens with zero attached hydrogens (tertiary/aromatic N) is 5. The molecule has 12 heteroatoms. The van der Waals surface area contributed by atoms with Gasteiger partial charge in [-0.1, -0.05) is 35.9 Å². The molecule has 1 saturated carbocycles. The summed E-state index contributed by atoms with van der Waals surface area (Å²) in [7, 11) is 1.73. The summed E-state index contributed by atoms with van der Waals surface area (Å²) < 4.78 is 44.8. The maximum atomic E-state index is 15.1. The van der Waals surface area contributed by atoms with Crippen LogP contribution in [-0.4, -0.2) is 59.2 Å². The molecule has 210 valence electrons. The minimum Gasteiger partial charge on any atom is -0.379 e. The Bertz CT molecular complexity index is 1600. The monoisotopic (exact) mass is 583 g/mol. The van der Waals surface area contributed by atoms with Gasteiger partial charge in [-0.2, -0.15) is 5.10 Å². The Kier molecular flexibility index (Phi) is 8.07. The first-order chi connectivity index (χ1) is 19.1. The van der Waals surface area contributed by atoms with Gasteiger partial charge in [-0.05, 0) is 68.6 Å². The highest BCUT2D eigenvalue weighted by Gasteiger charge is 2.33. The van der Waals surface area contributed by atoms with Crippen molar-refractivity contribution in [2.45, 2.75) is 42.2 Å². The van der Waals surface area contributed by atoms with E-state index in [1.54, 1.807) is 4.68 Å². The van der Waals surface area contributed by atoms with Crippen molar-refractivity contribution in [2.75, 3.05) is 24.1 Å². The van der Waals surface area contributed by atoms with Crippen LogP contribution < -0.4 is 10.0 Å². The van der Waals surface area contributed by atoms with Gasteiger partial charge in [-0.15, -0.1) is 0 Å². The van der Waals surface area contributed by atoms with E-state index >= 15 is 4.39 Å². The third-order valence-electron chi connectivity index (χ3n) is 7.35. The molecular weight excluding hydrogens is 553 g/mol. The second-order valence-corrected chi connectivity index (χ2v) is 12.3. The highest BCUT2D eigenvalue weighted by atomic mass is 35.5. The Balaban J connectivity index is 1.33. The van der Waals surface area contributed by atoms with Crippen LogP contribution in [0.25, 0.3) is 11.1 Å². The predicted octanol–water partition coefficient (Wildman–Crippen LogP) is 5.15. The molecule has 2 N–H and O–H groups in total. The molecule has 40 heavy (non-hydrogen) atoms. The molecule has 0 amide bonds. The van der Waals surface area contributed by atoms with Crippen LogP contribution in [0.3, 0.4) is 0 Å². The fraction of sp³-hybridized carbons (Fsp3) is 0.321. The minimum absolute atomic E-state index is 0.00810. The number of aromatic nitrogens is 4. The summed E-state index contributed by atoms with van der Waals surface area (Å²) in [4.78, 5) is 9.20. The molecule has 2 aromatic carbocycles. The van der Waals surface area contributed by atoms with Crippen molar-refractivity contribution in [1.29, 1.82) is 0 Å². The average molecular weight is 584 g/mol. The van der Waals surface area contributed by atoms with Crippen LogP contribution in [0.4, 0.5) is 15.9 Å². The van der Waals surface area contributed by atoms with E-state index in [1.807, 2.05) is 33.5 Å². The van der Waals surface area contributed by atoms with E-state index in [0.29, 0.717) is 11.6 Å². The number of likely N-dealkylation sites (N-methyl/N-ethyl adjacent to an activating group) is 1. The molecule has 4 aromatic rings. The van der Waals surface area contributed by atoms with Crippen LogP contribution in [0, 0.1) is 5.82 Å². The quantitative estimate of drug-likeness (QED) is 0.296. The molecule has 3 atom stereocenters. The fourth-order valence-electron chi connectivity index (χ4n) is 5.32. The fourth-order valence-corrected chi connectivity index (χ4v) is 6.70. The standard InChI is InChI=1S/C28H31ClFN7O2S/c1-36(2)26-12-20(18-5-4-6-19(11-18)21-15-33-37(3)16-21)7-8-24(26)34-25-14-23(30)27(13-22(25)29)40(38,39)35-28-9-10-31-17-32-28/h4-6,9-11,13-17,20,24,26,34H,7-8,12H2,1-3H3,(H,31,32,35)/t20-,24-,26-/m0/s1. The summed E-state index contributed by atoms with van der Waals surface area (Å²) >= 11 is 6.49. The molecule has 1 fully saturated rings. The number of anilines is 2. The number of hydrogen-bond acceptors (Lipinski definition) is 7. The van der Waals surface area contributed by atoms with Crippen molar-refractivity contribution in [3.05, 3.63) is 83.8 Å². The topological polar surface area (TPSA) is 105 Å². The van der Waals surface area contributed by atoms with Crippen molar-refractivity contribution < 1.29 is 12.8 Å². The van der Waals surface area contributed by atoms with E-state index in [4.69, 9.17) is 11.6 Å². The van der Waals surface area contributed by atoms with Crippen molar-refractivity contribution in [1.82, 2.24) is 24.6 Å². The van der Waals surface area contributed by atoms with Gasteiger partial charge in [0.1, 0.15) is 22.9 Å². The Hall–Kier alpha value is -3.54. The summed E-state index contributed by atoms with van der Waals surface area (Å²) in [6.45, 7) is 0. The number of sulfonamides is 1. The lowest BCUT2D eigenvalue weighted by Crippen LogP contribution is -2.47. The lowest BCUT2D eigenvalue weighted by Gasteiger charge is -2.41. The Morgan fingerprint density at radius 3 is 2.65 bits per heavy atom. The number of hydrogen-bond donors (Lipinski definition) is 2. The van der Waals surface area contributed by atoms with Crippen LogP contribution in [0.15, 0.2) is 72.3 Å². The molecule has 1 aliphatic carbocycles. The van der Waals surface area contributed by atoms with Crippen LogP contribution in [0.2, 0.25) is 5.02 Å². The SMILES string of the molecule is CN(C)[C@H]1C[C@@H](c2cccc(-c3cnn(C)c3)c2)CC[C@@H]1Nc1cc(F)c(S(=O)(=O)Nc2ccncn2)cc1Cl.